The molecular formula is C29H40N4O5. The molecular weight excluding hydrogens is 484 g/mol. The highest BCUT2D eigenvalue weighted by Gasteiger charge is 2.28. The van der Waals surface area contributed by atoms with Crippen molar-refractivity contribution >= 4 is 17.0 Å². The lowest BCUT2D eigenvalue weighted by Gasteiger charge is -2.26. The van der Waals surface area contributed by atoms with Gasteiger partial charge in [-0.25, -0.2) is 4.98 Å². The van der Waals surface area contributed by atoms with E-state index in [-0.39, 0.29) is 5.56 Å². The van der Waals surface area contributed by atoms with Crippen LogP contribution in [0.5, 0.6) is 0 Å². The maximum Gasteiger partial charge on any atom is 0.326 e. The standard InChI is InChI=1S/C29H40N4O5/c1-18-13-22(16-32(6)27(18)35)26-31-23-8-7-21(14-24(23)33(26)11-9-20-10-12-37-17-20)15-30-25(19(2)34)28(36)38-29(3,4)5/h7-8,13-14,16,19-20,25,30,34H,9-12,15,17H2,1-6H3/t19-,20?,25+/m1/s1. The van der Waals surface area contributed by atoms with Gasteiger partial charge < -0.3 is 23.7 Å². The average molecular weight is 525 g/mol. The molecule has 0 bridgehead atoms. The van der Waals surface area contributed by atoms with Crippen molar-refractivity contribution in [3.63, 3.8) is 0 Å². The summed E-state index contributed by atoms with van der Waals surface area (Å²) in [5, 5.41) is 13.4. The molecule has 3 atom stereocenters. The second-order valence-corrected chi connectivity index (χ2v) is 11.4. The number of fused-ring (bicyclic) bond motifs is 1. The summed E-state index contributed by atoms with van der Waals surface area (Å²) < 4.78 is 14.9. The Balaban J connectivity index is 1.66. The first-order valence-electron chi connectivity index (χ1n) is 13.3. The molecule has 1 aliphatic rings. The van der Waals surface area contributed by atoms with E-state index in [0.29, 0.717) is 18.0 Å². The minimum atomic E-state index is -0.910. The fourth-order valence-electron chi connectivity index (χ4n) is 4.89. The molecule has 1 aromatic carbocycles. The molecule has 0 aliphatic carbocycles. The van der Waals surface area contributed by atoms with Gasteiger partial charge in [-0.1, -0.05) is 6.07 Å². The van der Waals surface area contributed by atoms with Gasteiger partial charge in [-0.05, 0) is 77.1 Å². The normalized spacial score (nSPS) is 17.6. The Bertz CT molecular complexity index is 1320. The minimum absolute atomic E-state index is 0.0227. The number of hydrogen-bond acceptors (Lipinski definition) is 7. The highest BCUT2D eigenvalue weighted by molar-refractivity contribution is 5.81. The van der Waals surface area contributed by atoms with Gasteiger partial charge in [0.1, 0.15) is 17.5 Å². The third-order valence-electron chi connectivity index (χ3n) is 6.89. The van der Waals surface area contributed by atoms with Gasteiger partial charge in [0.25, 0.3) is 5.56 Å². The summed E-state index contributed by atoms with van der Waals surface area (Å²) in [5.41, 5.74) is 3.70. The molecule has 38 heavy (non-hydrogen) atoms. The van der Waals surface area contributed by atoms with E-state index >= 15 is 0 Å². The Labute approximate surface area is 223 Å². The summed E-state index contributed by atoms with van der Waals surface area (Å²) >= 11 is 0. The predicted molar refractivity (Wildman–Crippen MR) is 147 cm³/mol. The Morgan fingerprint density at radius 1 is 1.32 bits per heavy atom. The van der Waals surface area contributed by atoms with Crippen LogP contribution in [0.1, 0.15) is 51.7 Å². The zero-order valence-corrected chi connectivity index (χ0v) is 23.3. The number of nitrogens with zero attached hydrogens (tertiary/aromatic N) is 3. The second-order valence-electron chi connectivity index (χ2n) is 11.4. The van der Waals surface area contributed by atoms with E-state index in [1.54, 1.807) is 39.3 Å². The summed E-state index contributed by atoms with van der Waals surface area (Å²) in [6, 6.07) is 7.08. The number of aliphatic hydroxyl groups excluding tert-OH is 1. The molecule has 4 rings (SSSR count). The average Bonchev–Trinajstić information content (AvgIpc) is 3.47. The van der Waals surface area contributed by atoms with Gasteiger partial charge >= 0.3 is 5.97 Å². The fraction of sp³-hybridized carbons (Fsp3) is 0.552. The van der Waals surface area contributed by atoms with Crippen LogP contribution in [0.3, 0.4) is 0 Å². The van der Waals surface area contributed by atoms with E-state index in [1.807, 2.05) is 31.3 Å². The van der Waals surface area contributed by atoms with E-state index in [4.69, 9.17) is 14.5 Å². The second kappa shape index (κ2) is 11.4. The number of carbonyl (C=O) groups is 1. The van der Waals surface area contributed by atoms with Crippen LogP contribution >= 0.6 is 0 Å². The van der Waals surface area contributed by atoms with Crippen LogP contribution in [0.2, 0.25) is 0 Å². The first kappa shape index (κ1) is 28.0. The molecule has 0 saturated carbocycles. The number of hydrogen-bond donors (Lipinski definition) is 2. The molecule has 1 unspecified atom stereocenters. The third kappa shape index (κ3) is 6.51. The van der Waals surface area contributed by atoms with Crippen LogP contribution in [0, 0.1) is 12.8 Å². The lowest BCUT2D eigenvalue weighted by molar-refractivity contribution is -0.160. The maximum absolute atomic E-state index is 12.6. The smallest absolute Gasteiger partial charge is 0.326 e. The number of ether oxygens (including phenoxy) is 2. The van der Waals surface area contributed by atoms with E-state index in [1.165, 1.54) is 0 Å². The molecule has 1 aliphatic heterocycles. The zero-order valence-electron chi connectivity index (χ0n) is 23.3. The number of pyridine rings is 1. The van der Waals surface area contributed by atoms with Gasteiger partial charge in [-0.15, -0.1) is 0 Å². The van der Waals surface area contributed by atoms with E-state index in [0.717, 1.165) is 60.6 Å². The van der Waals surface area contributed by atoms with Crippen molar-refractivity contribution in [3.05, 3.63) is 51.9 Å². The van der Waals surface area contributed by atoms with Gasteiger partial charge in [-0.3, -0.25) is 14.9 Å². The highest BCUT2D eigenvalue weighted by Crippen LogP contribution is 2.28. The lowest BCUT2D eigenvalue weighted by atomic mass is 10.1. The van der Waals surface area contributed by atoms with Crippen LogP contribution in [-0.2, 0) is 34.4 Å². The number of esters is 1. The third-order valence-corrected chi connectivity index (χ3v) is 6.89. The molecule has 1 fully saturated rings. The van der Waals surface area contributed by atoms with Crippen molar-refractivity contribution < 1.29 is 19.4 Å². The van der Waals surface area contributed by atoms with Crippen LogP contribution in [-0.4, -0.2) is 56.2 Å². The monoisotopic (exact) mass is 524 g/mol. The quantitative estimate of drug-likeness (QED) is 0.414. The molecule has 0 spiro atoms. The summed E-state index contributed by atoms with van der Waals surface area (Å²) in [4.78, 5) is 29.9. The largest absolute Gasteiger partial charge is 0.459 e. The van der Waals surface area contributed by atoms with Gasteiger partial charge in [-0.2, -0.15) is 0 Å². The predicted octanol–water partition coefficient (Wildman–Crippen LogP) is 3.32. The summed E-state index contributed by atoms with van der Waals surface area (Å²) in [7, 11) is 1.76. The van der Waals surface area contributed by atoms with Crippen LogP contribution in [0.25, 0.3) is 22.4 Å². The Hall–Kier alpha value is -3.01. The van der Waals surface area contributed by atoms with E-state index < -0.39 is 23.7 Å². The van der Waals surface area contributed by atoms with Crippen LogP contribution < -0.4 is 10.9 Å². The molecule has 2 N–H and O–H groups in total. The number of nitrogens with one attached hydrogen (secondary N) is 1. The van der Waals surface area contributed by atoms with Crippen molar-refractivity contribution in [2.45, 2.75) is 78.3 Å². The molecule has 3 heterocycles. The van der Waals surface area contributed by atoms with Crippen molar-refractivity contribution in [2.24, 2.45) is 13.0 Å². The summed E-state index contributed by atoms with van der Waals surface area (Å²) in [6.45, 7) is 11.5. The Morgan fingerprint density at radius 2 is 2.08 bits per heavy atom. The van der Waals surface area contributed by atoms with Gasteiger partial charge in [0.05, 0.1) is 17.1 Å². The number of imidazole rings is 1. The number of aromatic nitrogens is 3. The van der Waals surface area contributed by atoms with Gasteiger partial charge in [0, 0.05) is 50.7 Å². The maximum atomic E-state index is 12.6. The van der Waals surface area contributed by atoms with Crippen LogP contribution in [0.15, 0.2) is 35.3 Å². The molecule has 9 nitrogen and oxygen atoms in total. The molecule has 9 heteroatoms. The number of aliphatic hydroxyl groups is 1. The van der Waals surface area contributed by atoms with E-state index in [9.17, 15) is 14.7 Å². The first-order valence-corrected chi connectivity index (χ1v) is 13.3. The number of carbonyl (C=O) groups excluding carboxylic acids is 1. The van der Waals surface area contributed by atoms with Gasteiger partial charge in [0.2, 0.25) is 0 Å². The molecule has 2 aromatic heterocycles. The number of benzene rings is 1. The van der Waals surface area contributed by atoms with Crippen molar-refractivity contribution in [1.82, 2.24) is 19.4 Å². The van der Waals surface area contributed by atoms with Crippen molar-refractivity contribution in [3.8, 4) is 11.4 Å². The fourth-order valence-corrected chi connectivity index (χ4v) is 4.89. The molecule has 206 valence electrons. The SMILES string of the molecule is Cc1cc(-c2nc3ccc(CN[C@H](C(=O)OC(C)(C)C)[C@@H](C)O)cc3n2CCC2CCOC2)cn(C)c1=O. The zero-order chi connectivity index (χ0) is 27.6. The van der Waals surface area contributed by atoms with Crippen molar-refractivity contribution in [1.29, 1.82) is 0 Å². The number of rotatable bonds is 9. The summed E-state index contributed by atoms with van der Waals surface area (Å²) in [6.07, 6.45) is 2.95. The van der Waals surface area contributed by atoms with Crippen LogP contribution in [0.4, 0.5) is 0 Å². The van der Waals surface area contributed by atoms with Crippen molar-refractivity contribution in [2.75, 3.05) is 13.2 Å². The Kier molecular flexibility index (Phi) is 8.40. The number of aryl methyl sites for hydroxylation is 3. The Morgan fingerprint density at radius 3 is 2.71 bits per heavy atom. The minimum Gasteiger partial charge on any atom is -0.459 e. The first-order chi connectivity index (χ1) is 17.9. The highest BCUT2D eigenvalue weighted by atomic mass is 16.6. The topological polar surface area (TPSA) is 108 Å². The molecule has 3 aromatic rings. The van der Waals surface area contributed by atoms with Gasteiger partial charge in [0.15, 0.2) is 0 Å². The molecule has 0 radical (unpaired) electrons. The summed E-state index contributed by atoms with van der Waals surface area (Å²) in [5.74, 6) is 0.843. The molecule has 0 amide bonds. The van der Waals surface area contributed by atoms with E-state index in [2.05, 4.69) is 16.0 Å². The lowest BCUT2D eigenvalue weighted by Crippen LogP contribution is -2.47. The molecule has 1 saturated heterocycles.